The molecular weight excluding hydrogens is 377 g/mol. The molecule has 0 aliphatic carbocycles. The highest BCUT2D eigenvalue weighted by molar-refractivity contribution is 14.1. The highest BCUT2D eigenvalue weighted by Crippen LogP contribution is 2.19. The number of nitrogens with zero attached hydrogens (tertiary/aromatic N) is 2. The van der Waals surface area contributed by atoms with Gasteiger partial charge in [0.05, 0.1) is 5.56 Å². The molecule has 0 bridgehead atoms. The lowest BCUT2D eigenvalue weighted by atomic mass is 10.1. The van der Waals surface area contributed by atoms with Crippen LogP contribution in [0.25, 0.3) is 0 Å². The number of piperazine rings is 1. The van der Waals surface area contributed by atoms with Gasteiger partial charge in [-0.15, -0.1) is 0 Å². The molecule has 2 rings (SSSR count). The molecule has 0 spiro atoms. The minimum absolute atomic E-state index is 0.0419. The SMILES string of the molecule is CCCN1CCN(C(=O)c2cc(I)c(F)cc2F)CC1. The van der Waals surface area contributed by atoms with Crippen molar-refractivity contribution in [1.82, 2.24) is 9.80 Å². The smallest absolute Gasteiger partial charge is 0.256 e. The van der Waals surface area contributed by atoms with Gasteiger partial charge in [-0.25, -0.2) is 8.78 Å². The zero-order valence-corrected chi connectivity index (χ0v) is 13.5. The van der Waals surface area contributed by atoms with Gasteiger partial charge in [0.25, 0.3) is 5.91 Å². The fourth-order valence-corrected chi connectivity index (χ4v) is 2.81. The van der Waals surface area contributed by atoms with E-state index in [1.165, 1.54) is 6.07 Å². The first kappa shape index (κ1) is 15.6. The second-order valence-electron chi connectivity index (χ2n) is 4.88. The molecule has 1 saturated heterocycles. The number of halogens is 3. The van der Waals surface area contributed by atoms with Gasteiger partial charge in [-0.1, -0.05) is 6.92 Å². The summed E-state index contributed by atoms with van der Waals surface area (Å²) in [6, 6.07) is 2.06. The quantitative estimate of drug-likeness (QED) is 0.582. The first-order chi connectivity index (χ1) is 9.52. The monoisotopic (exact) mass is 394 g/mol. The van der Waals surface area contributed by atoms with Crippen LogP contribution in [0.15, 0.2) is 12.1 Å². The maximum Gasteiger partial charge on any atom is 0.256 e. The topological polar surface area (TPSA) is 23.6 Å². The van der Waals surface area contributed by atoms with Gasteiger partial charge in [-0.3, -0.25) is 9.69 Å². The third kappa shape index (κ3) is 3.46. The molecule has 0 atom stereocenters. The number of benzene rings is 1. The molecule has 0 unspecified atom stereocenters. The first-order valence-electron chi connectivity index (χ1n) is 6.69. The number of amides is 1. The van der Waals surface area contributed by atoms with Crippen molar-refractivity contribution >= 4 is 28.5 Å². The van der Waals surface area contributed by atoms with Crippen molar-refractivity contribution < 1.29 is 13.6 Å². The molecule has 1 aromatic rings. The fourth-order valence-electron chi connectivity index (χ4n) is 2.35. The van der Waals surface area contributed by atoms with E-state index in [2.05, 4.69) is 11.8 Å². The van der Waals surface area contributed by atoms with Gasteiger partial charge in [0.2, 0.25) is 0 Å². The Morgan fingerprint density at radius 1 is 1.20 bits per heavy atom. The van der Waals surface area contributed by atoms with Crippen LogP contribution in [0.5, 0.6) is 0 Å². The van der Waals surface area contributed by atoms with Crippen molar-refractivity contribution in [2.75, 3.05) is 32.7 Å². The largest absolute Gasteiger partial charge is 0.336 e. The summed E-state index contributed by atoms with van der Waals surface area (Å²) < 4.78 is 27.2. The predicted molar refractivity (Wildman–Crippen MR) is 81.7 cm³/mol. The normalized spacial score (nSPS) is 16.5. The predicted octanol–water partition coefficient (Wildman–Crippen LogP) is 2.74. The molecule has 1 aromatic carbocycles. The van der Waals surface area contributed by atoms with Crippen LogP contribution in [-0.4, -0.2) is 48.4 Å². The van der Waals surface area contributed by atoms with E-state index in [1.807, 2.05) is 0 Å². The lowest BCUT2D eigenvalue weighted by Gasteiger charge is -2.34. The van der Waals surface area contributed by atoms with E-state index < -0.39 is 11.6 Å². The summed E-state index contributed by atoms with van der Waals surface area (Å²) in [6.07, 6.45) is 1.08. The first-order valence-corrected chi connectivity index (χ1v) is 7.77. The van der Waals surface area contributed by atoms with Crippen molar-refractivity contribution in [2.24, 2.45) is 0 Å². The number of hydrogen-bond donors (Lipinski definition) is 0. The van der Waals surface area contributed by atoms with Gasteiger partial charge in [0.15, 0.2) is 0 Å². The zero-order valence-electron chi connectivity index (χ0n) is 11.3. The molecule has 1 amide bonds. The Hall–Kier alpha value is -0.760. The Balaban J connectivity index is 2.07. The Morgan fingerprint density at radius 2 is 1.85 bits per heavy atom. The van der Waals surface area contributed by atoms with E-state index in [-0.39, 0.29) is 15.0 Å². The molecule has 0 radical (unpaired) electrons. The second kappa shape index (κ2) is 6.80. The minimum atomic E-state index is -0.788. The molecule has 0 aromatic heterocycles. The average molecular weight is 394 g/mol. The van der Waals surface area contributed by atoms with Crippen LogP contribution in [0.1, 0.15) is 23.7 Å². The van der Waals surface area contributed by atoms with E-state index in [1.54, 1.807) is 27.5 Å². The summed E-state index contributed by atoms with van der Waals surface area (Å²) in [6.45, 7) is 5.93. The Morgan fingerprint density at radius 3 is 2.45 bits per heavy atom. The Kier molecular flexibility index (Phi) is 5.31. The molecule has 1 aliphatic heterocycles. The number of rotatable bonds is 3. The Labute approximate surface area is 131 Å². The van der Waals surface area contributed by atoms with Crippen molar-refractivity contribution in [3.8, 4) is 0 Å². The summed E-state index contributed by atoms with van der Waals surface area (Å²) in [4.78, 5) is 16.2. The highest BCUT2D eigenvalue weighted by atomic mass is 127. The average Bonchev–Trinajstić information content (AvgIpc) is 2.43. The zero-order chi connectivity index (χ0) is 14.7. The molecule has 0 N–H and O–H groups in total. The maximum absolute atomic E-state index is 13.7. The number of carbonyl (C=O) groups is 1. The number of carbonyl (C=O) groups excluding carboxylic acids is 1. The van der Waals surface area contributed by atoms with Crippen molar-refractivity contribution in [2.45, 2.75) is 13.3 Å². The lowest BCUT2D eigenvalue weighted by Crippen LogP contribution is -2.48. The van der Waals surface area contributed by atoms with E-state index in [9.17, 15) is 13.6 Å². The van der Waals surface area contributed by atoms with Gasteiger partial charge < -0.3 is 4.90 Å². The number of hydrogen-bond acceptors (Lipinski definition) is 2. The van der Waals surface area contributed by atoms with Crippen molar-refractivity contribution in [3.63, 3.8) is 0 Å². The molecule has 0 saturated carbocycles. The van der Waals surface area contributed by atoms with E-state index in [4.69, 9.17) is 0 Å². The van der Waals surface area contributed by atoms with Crippen molar-refractivity contribution in [3.05, 3.63) is 32.9 Å². The molecule has 1 aliphatic rings. The third-order valence-electron chi connectivity index (χ3n) is 3.44. The van der Waals surface area contributed by atoms with Gasteiger partial charge >= 0.3 is 0 Å². The standard InChI is InChI=1S/C14H17F2IN2O/c1-2-3-18-4-6-19(7-5-18)14(20)10-8-13(17)12(16)9-11(10)15/h8-9H,2-7H2,1H3. The van der Waals surface area contributed by atoms with Crippen LogP contribution in [0.3, 0.4) is 0 Å². The van der Waals surface area contributed by atoms with Gasteiger partial charge in [0, 0.05) is 35.8 Å². The summed E-state index contributed by atoms with van der Waals surface area (Å²) in [5, 5.41) is 0. The minimum Gasteiger partial charge on any atom is -0.336 e. The molecular formula is C14H17F2IN2O. The summed E-state index contributed by atoms with van der Waals surface area (Å²) >= 11 is 1.76. The van der Waals surface area contributed by atoms with Crippen molar-refractivity contribution in [1.29, 1.82) is 0 Å². The third-order valence-corrected chi connectivity index (χ3v) is 4.27. The van der Waals surface area contributed by atoms with E-state index in [0.717, 1.165) is 32.1 Å². The van der Waals surface area contributed by atoms with Crippen LogP contribution in [-0.2, 0) is 0 Å². The molecule has 1 heterocycles. The molecule has 6 heteroatoms. The lowest BCUT2D eigenvalue weighted by molar-refractivity contribution is 0.0633. The summed E-state index contributed by atoms with van der Waals surface area (Å²) in [7, 11) is 0. The van der Waals surface area contributed by atoms with Crippen LogP contribution in [0.4, 0.5) is 8.78 Å². The molecule has 110 valence electrons. The fraction of sp³-hybridized carbons (Fsp3) is 0.500. The van der Waals surface area contributed by atoms with Crippen LogP contribution >= 0.6 is 22.6 Å². The van der Waals surface area contributed by atoms with E-state index in [0.29, 0.717) is 13.1 Å². The van der Waals surface area contributed by atoms with E-state index >= 15 is 0 Å². The van der Waals surface area contributed by atoms with Gasteiger partial charge in [0.1, 0.15) is 11.6 Å². The maximum atomic E-state index is 13.7. The summed E-state index contributed by atoms with van der Waals surface area (Å²) in [5.74, 6) is -1.77. The highest BCUT2D eigenvalue weighted by Gasteiger charge is 2.24. The van der Waals surface area contributed by atoms with Crippen LogP contribution < -0.4 is 0 Å². The molecule has 3 nitrogen and oxygen atoms in total. The van der Waals surface area contributed by atoms with Gasteiger partial charge in [-0.05, 0) is 41.6 Å². The summed E-state index contributed by atoms with van der Waals surface area (Å²) in [5.41, 5.74) is -0.0419. The van der Waals surface area contributed by atoms with Gasteiger partial charge in [-0.2, -0.15) is 0 Å². The van der Waals surface area contributed by atoms with Crippen LogP contribution in [0, 0.1) is 15.2 Å². The molecule has 20 heavy (non-hydrogen) atoms. The Bertz CT molecular complexity index is 502. The van der Waals surface area contributed by atoms with Crippen LogP contribution in [0.2, 0.25) is 0 Å². The molecule has 1 fully saturated rings. The second-order valence-corrected chi connectivity index (χ2v) is 6.04.